The Hall–Kier alpha value is -1.83. The number of benzene rings is 1. The first-order valence-corrected chi connectivity index (χ1v) is 8.53. The minimum absolute atomic E-state index is 0.846. The van der Waals surface area contributed by atoms with Crippen molar-refractivity contribution in [2.24, 2.45) is 0 Å². The average molecular weight is 311 g/mol. The van der Waals surface area contributed by atoms with Crippen molar-refractivity contribution in [3.8, 4) is 11.8 Å². The van der Waals surface area contributed by atoms with E-state index >= 15 is 0 Å². The molecule has 1 aliphatic rings. The maximum Gasteiger partial charge on any atom is 0.185 e. The predicted octanol–water partition coefficient (Wildman–Crippen LogP) is 2.93. The fourth-order valence-corrected chi connectivity index (χ4v) is 3.24. The molecule has 0 aliphatic carbocycles. The molecule has 0 amide bonds. The summed E-state index contributed by atoms with van der Waals surface area (Å²) < 4.78 is 0. The summed E-state index contributed by atoms with van der Waals surface area (Å²) in [5.74, 6) is 6.60. The van der Waals surface area contributed by atoms with Gasteiger partial charge in [-0.3, -0.25) is 4.90 Å². The Labute approximate surface area is 136 Å². The molecule has 1 aromatic heterocycles. The molecule has 0 spiro atoms. The zero-order chi connectivity index (χ0) is 15.4. The van der Waals surface area contributed by atoms with Crippen LogP contribution in [-0.4, -0.2) is 42.6 Å². The molecule has 22 heavy (non-hydrogen) atoms. The molecular formula is C18H21N3S. The van der Waals surface area contributed by atoms with Crippen molar-refractivity contribution in [1.82, 2.24) is 9.88 Å². The van der Waals surface area contributed by atoms with Crippen molar-refractivity contribution < 1.29 is 0 Å². The van der Waals surface area contributed by atoms with Crippen molar-refractivity contribution in [1.29, 1.82) is 0 Å². The lowest BCUT2D eigenvalue weighted by atomic mass is 10.1. The summed E-state index contributed by atoms with van der Waals surface area (Å²) in [6.07, 6.45) is 1.88. The van der Waals surface area contributed by atoms with Crippen LogP contribution in [0.4, 0.5) is 5.13 Å². The number of thiazole rings is 1. The highest BCUT2D eigenvalue weighted by Crippen LogP contribution is 2.18. The van der Waals surface area contributed by atoms with Gasteiger partial charge in [-0.15, -0.1) is 11.3 Å². The van der Waals surface area contributed by atoms with Gasteiger partial charge in [0.15, 0.2) is 5.13 Å². The van der Waals surface area contributed by atoms with E-state index in [0.29, 0.717) is 0 Å². The second kappa shape index (κ2) is 6.95. The number of hydrogen-bond acceptors (Lipinski definition) is 4. The topological polar surface area (TPSA) is 19.4 Å². The second-order valence-corrected chi connectivity index (χ2v) is 6.55. The van der Waals surface area contributed by atoms with E-state index in [9.17, 15) is 0 Å². The highest BCUT2D eigenvalue weighted by Gasteiger charge is 2.17. The second-order valence-electron chi connectivity index (χ2n) is 5.68. The molecule has 2 aromatic rings. The summed E-state index contributed by atoms with van der Waals surface area (Å²) in [7, 11) is 0. The average Bonchev–Trinajstić information content (AvgIpc) is 3.06. The summed E-state index contributed by atoms with van der Waals surface area (Å²) in [5, 5.41) is 3.18. The number of piperazine rings is 1. The number of nitrogens with zero attached hydrogens (tertiary/aromatic N) is 3. The highest BCUT2D eigenvalue weighted by atomic mass is 32.1. The third kappa shape index (κ3) is 3.68. The Kier molecular flexibility index (Phi) is 4.77. The van der Waals surface area contributed by atoms with Crippen LogP contribution in [0, 0.1) is 25.7 Å². The first-order valence-electron chi connectivity index (χ1n) is 7.65. The minimum Gasteiger partial charge on any atom is -0.346 e. The number of aryl methyl sites for hydroxylation is 2. The molecule has 0 N–H and O–H groups in total. The van der Waals surface area contributed by atoms with Gasteiger partial charge in [-0.05, 0) is 37.1 Å². The lowest BCUT2D eigenvalue weighted by molar-refractivity contribution is 0.288. The quantitative estimate of drug-likeness (QED) is 0.795. The van der Waals surface area contributed by atoms with E-state index in [1.165, 1.54) is 11.1 Å². The van der Waals surface area contributed by atoms with Crippen molar-refractivity contribution in [2.75, 3.05) is 37.6 Å². The van der Waals surface area contributed by atoms with E-state index in [1.807, 2.05) is 11.6 Å². The first kappa shape index (κ1) is 15.1. The number of aromatic nitrogens is 1. The van der Waals surface area contributed by atoms with Gasteiger partial charge in [0.1, 0.15) is 0 Å². The molecule has 1 aromatic carbocycles. The van der Waals surface area contributed by atoms with Crippen molar-refractivity contribution in [3.63, 3.8) is 0 Å². The van der Waals surface area contributed by atoms with E-state index in [1.54, 1.807) is 11.3 Å². The lowest BCUT2D eigenvalue weighted by Gasteiger charge is -2.33. The third-order valence-corrected chi connectivity index (χ3v) is 4.94. The summed E-state index contributed by atoms with van der Waals surface area (Å²) in [6.45, 7) is 9.31. The van der Waals surface area contributed by atoms with E-state index in [-0.39, 0.29) is 0 Å². The predicted molar refractivity (Wildman–Crippen MR) is 93.6 cm³/mol. The van der Waals surface area contributed by atoms with Crippen LogP contribution in [0.15, 0.2) is 29.8 Å². The molecule has 4 heteroatoms. The monoisotopic (exact) mass is 311 g/mol. The molecule has 1 aliphatic heterocycles. The SMILES string of the molecule is Cc1ccc(C#CCN2CCN(c3nccs3)CC2)cc1C. The van der Waals surface area contributed by atoms with Crippen LogP contribution in [0.2, 0.25) is 0 Å². The zero-order valence-electron chi connectivity index (χ0n) is 13.2. The van der Waals surface area contributed by atoms with E-state index in [2.05, 4.69) is 58.7 Å². The van der Waals surface area contributed by atoms with Gasteiger partial charge in [0.05, 0.1) is 6.54 Å². The first-order chi connectivity index (χ1) is 10.7. The van der Waals surface area contributed by atoms with Crippen LogP contribution in [0.25, 0.3) is 0 Å². The molecule has 0 bridgehead atoms. The molecular weight excluding hydrogens is 290 g/mol. The van der Waals surface area contributed by atoms with Gasteiger partial charge in [0.25, 0.3) is 0 Å². The smallest absolute Gasteiger partial charge is 0.185 e. The summed E-state index contributed by atoms with van der Waals surface area (Å²) in [5.41, 5.74) is 3.75. The number of rotatable bonds is 2. The van der Waals surface area contributed by atoms with Gasteiger partial charge in [0.2, 0.25) is 0 Å². The largest absolute Gasteiger partial charge is 0.346 e. The zero-order valence-corrected chi connectivity index (χ0v) is 14.0. The van der Waals surface area contributed by atoms with E-state index < -0.39 is 0 Å². The molecule has 1 saturated heterocycles. The Bertz CT molecular complexity index is 674. The van der Waals surface area contributed by atoms with Crippen LogP contribution in [0.1, 0.15) is 16.7 Å². The molecule has 114 valence electrons. The lowest BCUT2D eigenvalue weighted by Crippen LogP contribution is -2.46. The number of hydrogen-bond donors (Lipinski definition) is 0. The minimum atomic E-state index is 0.846. The van der Waals surface area contributed by atoms with Crippen LogP contribution in [0.5, 0.6) is 0 Å². The fourth-order valence-electron chi connectivity index (χ4n) is 2.54. The van der Waals surface area contributed by atoms with E-state index in [0.717, 1.165) is 43.4 Å². The standard InChI is InChI=1S/C18H21N3S/c1-15-5-6-17(14-16(15)2)4-3-8-20-9-11-21(12-10-20)18-19-7-13-22-18/h5-7,13-14H,8-12H2,1-2H3. The van der Waals surface area contributed by atoms with Gasteiger partial charge >= 0.3 is 0 Å². The van der Waals surface area contributed by atoms with Crippen LogP contribution in [0.3, 0.4) is 0 Å². The molecule has 0 saturated carbocycles. The van der Waals surface area contributed by atoms with Gasteiger partial charge in [-0.25, -0.2) is 4.98 Å². The Morgan fingerprint density at radius 3 is 2.64 bits per heavy atom. The van der Waals surface area contributed by atoms with E-state index in [4.69, 9.17) is 0 Å². The molecule has 1 fully saturated rings. The molecule has 3 rings (SSSR count). The molecule has 0 radical (unpaired) electrons. The van der Waals surface area contributed by atoms with Crippen molar-refractivity contribution >= 4 is 16.5 Å². The summed E-state index contributed by atoms with van der Waals surface area (Å²) in [6, 6.07) is 6.42. The van der Waals surface area contributed by atoms with Gasteiger partial charge in [-0.1, -0.05) is 17.9 Å². The van der Waals surface area contributed by atoms with Gasteiger partial charge < -0.3 is 4.90 Å². The Morgan fingerprint density at radius 1 is 1.14 bits per heavy atom. The Balaban J connectivity index is 1.51. The normalized spacial score (nSPS) is 15.5. The van der Waals surface area contributed by atoms with Gasteiger partial charge in [0, 0.05) is 43.3 Å². The maximum atomic E-state index is 4.38. The van der Waals surface area contributed by atoms with Crippen LogP contribution in [-0.2, 0) is 0 Å². The highest BCUT2D eigenvalue weighted by molar-refractivity contribution is 7.13. The molecule has 0 unspecified atom stereocenters. The fraction of sp³-hybridized carbons (Fsp3) is 0.389. The molecule has 0 atom stereocenters. The third-order valence-electron chi connectivity index (χ3n) is 4.10. The van der Waals surface area contributed by atoms with Crippen LogP contribution < -0.4 is 4.90 Å². The molecule has 3 nitrogen and oxygen atoms in total. The summed E-state index contributed by atoms with van der Waals surface area (Å²) >= 11 is 1.72. The summed E-state index contributed by atoms with van der Waals surface area (Å²) in [4.78, 5) is 9.15. The Morgan fingerprint density at radius 2 is 1.95 bits per heavy atom. The van der Waals surface area contributed by atoms with Crippen molar-refractivity contribution in [2.45, 2.75) is 13.8 Å². The number of anilines is 1. The van der Waals surface area contributed by atoms with Crippen LogP contribution >= 0.6 is 11.3 Å². The van der Waals surface area contributed by atoms with Crippen molar-refractivity contribution in [3.05, 3.63) is 46.5 Å². The van der Waals surface area contributed by atoms with Gasteiger partial charge in [-0.2, -0.15) is 0 Å². The maximum absolute atomic E-state index is 4.38. The molecule has 2 heterocycles.